The third-order valence-electron chi connectivity index (χ3n) is 3.79. The third kappa shape index (κ3) is 3.22. The summed E-state index contributed by atoms with van der Waals surface area (Å²) in [6.07, 6.45) is -2.57. The van der Waals surface area contributed by atoms with Gasteiger partial charge in [-0.25, -0.2) is 4.79 Å². The largest absolute Gasteiger partial charge is 0.465 e. The van der Waals surface area contributed by atoms with Gasteiger partial charge in [-0.05, 0) is 25.8 Å². The summed E-state index contributed by atoms with van der Waals surface area (Å²) in [4.78, 5) is 35.4. The van der Waals surface area contributed by atoms with E-state index in [1.54, 1.807) is 5.32 Å². The van der Waals surface area contributed by atoms with Crippen LogP contribution in [-0.4, -0.2) is 41.6 Å². The molecule has 6 nitrogen and oxygen atoms in total. The fraction of sp³-hybridized carbons (Fsp3) is 0.500. The molecule has 1 aliphatic heterocycles. The number of hydrogen-bond acceptors (Lipinski definition) is 4. The minimum atomic E-state index is -4.62. The zero-order chi connectivity index (χ0) is 17.4. The lowest BCUT2D eigenvalue weighted by molar-refractivity contribution is -0.160. The summed E-state index contributed by atoms with van der Waals surface area (Å²) in [6, 6.07) is -1.57. The predicted molar refractivity (Wildman–Crippen MR) is 71.8 cm³/mol. The number of carbonyl (C=O) groups is 3. The van der Waals surface area contributed by atoms with Gasteiger partial charge in [0.1, 0.15) is 12.1 Å². The molecule has 2 unspecified atom stereocenters. The van der Waals surface area contributed by atoms with Gasteiger partial charge in [-0.1, -0.05) is 0 Å². The van der Waals surface area contributed by atoms with E-state index in [0.717, 1.165) is 6.92 Å². The summed E-state index contributed by atoms with van der Waals surface area (Å²) in [6.45, 7) is 0.760. The minimum absolute atomic E-state index is 0.243. The topological polar surface area (TPSA) is 77.4 Å². The van der Waals surface area contributed by atoms with Gasteiger partial charge in [0, 0.05) is 11.9 Å². The highest BCUT2D eigenvalue weighted by atomic mass is 19.4. The summed E-state index contributed by atoms with van der Waals surface area (Å²) in [5, 5.41) is 1.65. The first-order valence-electron chi connectivity index (χ1n) is 6.86. The van der Waals surface area contributed by atoms with Gasteiger partial charge in [0.25, 0.3) is 5.91 Å². The molecule has 1 amide bonds. The summed E-state index contributed by atoms with van der Waals surface area (Å²) >= 11 is 0. The predicted octanol–water partition coefficient (Wildman–Crippen LogP) is 1.40. The SMILES string of the molecule is COC(=O)c1ccn2c1CCC2C(=O)C(=O)NC(C)C(F)(F)F. The molecule has 0 radical (unpaired) electrons. The molecule has 0 saturated heterocycles. The van der Waals surface area contributed by atoms with Crippen molar-refractivity contribution in [2.24, 2.45) is 0 Å². The number of esters is 1. The first-order valence-corrected chi connectivity index (χ1v) is 6.86. The van der Waals surface area contributed by atoms with Gasteiger partial charge in [-0.15, -0.1) is 0 Å². The van der Waals surface area contributed by atoms with Crippen molar-refractivity contribution in [3.8, 4) is 0 Å². The number of amides is 1. The Labute approximate surface area is 129 Å². The fourth-order valence-corrected chi connectivity index (χ4v) is 2.50. The number of alkyl halides is 3. The molecule has 0 fully saturated rings. The number of nitrogens with one attached hydrogen (secondary N) is 1. The van der Waals surface area contributed by atoms with Crippen LogP contribution in [0.5, 0.6) is 0 Å². The number of aromatic nitrogens is 1. The Balaban J connectivity index is 2.14. The van der Waals surface area contributed by atoms with Crippen LogP contribution < -0.4 is 5.32 Å². The second-order valence-corrected chi connectivity index (χ2v) is 5.23. The Morgan fingerprint density at radius 2 is 2.04 bits per heavy atom. The van der Waals surface area contributed by atoms with Gasteiger partial charge in [0.05, 0.1) is 12.7 Å². The molecule has 1 N–H and O–H groups in total. The zero-order valence-electron chi connectivity index (χ0n) is 12.4. The molecule has 126 valence electrons. The Morgan fingerprint density at radius 1 is 1.39 bits per heavy atom. The number of ether oxygens (including phenoxy) is 1. The molecule has 23 heavy (non-hydrogen) atoms. The molecule has 0 spiro atoms. The van der Waals surface area contributed by atoms with Gasteiger partial charge >= 0.3 is 12.1 Å². The molecule has 1 aliphatic rings. The van der Waals surface area contributed by atoms with Gasteiger partial charge < -0.3 is 14.6 Å². The maximum absolute atomic E-state index is 12.4. The lowest BCUT2D eigenvalue weighted by Crippen LogP contribution is -2.47. The van der Waals surface area contributed by atoms with Crippen LogP contribution in [0.3, 0.4) is 0 Å². The van der Waals surface area contributed by atoms with E-state index >= 15 is 0 Å². The van der Waals surface area contributed by atoms with Crippen LogP contribution in [0.1, 0.15) is 35.4 Å². The van der Waals surface area contributed by atoms with Crippen LogP contribution in [0, 0.1) is 0 Å². The summed E-state index contributed by atoms with van der Waals surface area (Å²) in [7, 11) is 1.22. The van der Waals surface area contributed by atoms with E-state index < -0.39 is 35.9 Å². The molecule has 0 saturated carbocycles. The van der Waals surface area contributed by atoms with E-state index in [4.69, 9.17) is 0 Å². The lowest BCUT2D eigenvalue weighted by Gasteiger charge is -2.18. The number of hydrogen-bond donors (Lipinski definition) is 1. The molecule has 0 bridgehead atoms. The number of carbonyl (C=O) groups excluding carboxylic acids is 3. The second kappa shape index (κ2) is 6.05. The molecule has 0 aromatic carbocycles. The number of halogens is 3. The van der Waals surface area contributed by atoms with E-state index in [9.17, 15) is 27.6 Å². The van der Waals surface area contributed by atoms with E-state index in [1.807, 2.05) is 0 Å². The fourth-order valence-electron chi connectivity index (χ4n) is 2.50. The van der Waals surface area contributed by atoms with Gasteiger partial charge in [0.2, 0.25) is 5.78 Å². The summed E-state index contributed by atoms with van der Waals surface area (Å²) < 4.78 is 43.4. The number of Topliss-reactive ketones (excluding diaryl/α,β-unsaturated/α-hetero) is 1. The monoisotopic (exact) mass is 332 g/mol. The number of methoxy groups -OCH3 is 1. The van der Waals surface area contributed by atoms with Gasteiger partial charge in [0.15, 0.2) is 0 Å². The third-order valence-corrected chi connectivity index (χ3v) is 3.79. The number of ketones is 1. The normalized spacial score (nSPS) is 18.2. The molecule has 0 aliphatic carbocycles. The van der Waals surface area contributed by atoms with Crippen LogP contribution in [0.4, 0.5) is 13.2 Å². The van der Waals surface area contributed by atoms with Crippen LogP contribution in [-0.2, 0) is 20.7 Å². The standard InChI is InChI=1S/C14H15F3N2O4/c1-7(14(15,16)17)18-12(21)11(20)10-4-3-9-8(13(22)23-2)5-6-19(9)10/h5-7,10H,3-4H2,1-2H3,(H,18,21). The molecule has 1 aromatic rings. The average molecular weight is 332 g/mol. The minimum Gasteiger partial charge on any atom is -0.465 e. The second-order valence-electron chi connectivity index (χ2n) is 5.23. The molecule has 9 heteroatoms. The highest BCUT2D eigenvalue weighted by molar-refractivity contribution is 6.37. The van der Waals surface area contributed by atoms with Crippen LogP contribution in [0.15, 0.2) is 12.3 Å². The lowest BCUT2D eigenvalue weighted by atomic mass is 10.1. The molecule has 2 heterocycles. The Hall–Kier alpha value is -2.32. The smallest absolute Gasteiger partial charge is 0.408 e. The highest BCUT2D eigenvalue weighted by Crippen LogP contribution is 2.30. The summed E-state index contributed by atoms with van der Waals surface area (Å²) in [5.74, 6) is -2.82. The number of fused-ring (bicyclic) bond motifs is 1. The Bertz CT molecular complexity index is 651. The molecular formula is C14H15F3N2O4. The van der Waals surface area contributed by atoms with Gasteiger partial charge in [-0.3, -0.25) is 9.59 Å². The maximum atomic E-state index is 12.4. The van der Waals surface area contributed by atoms with E-state index in [0.29, 0.717) is 12.1 Å². The van der Waals surface area contributed by atoms with Crippen molar-refractivity contribution in [1.82, 2.24) is 9.88 Å². The van der Waals surface area contributed by atoms with Crippen molar-refractivity contribution >= 4 is 17.7 Å². The zero-order valence-corrected chi connectivity index (χ0v) is 12.4. The first-order chi connectivity index (χ1) is 10.7. The average Bonchev–Trinajstić information content (AvgIpc) is 3.05. The van der Waals surface area contributed by atoms with Crippen molar-refractivity contribution in [2.75, 3.05) is 7.11 Å². The van der Waals surface area contributed by atoms with E-state index in [-0.39, 0.29) is 12.0 Å². The van der Waals surface area contributed by atoms with Crippen molar-refractivity contribution in [3.63, 3.8) is 0 Å². The van der Waals surface area contributed by atoms with Crippen molar-refractivity contribution in [3.05, 3.63) is 23.5 Å². The van der Waals surface area contributed by atoms with Gasteiger partial charge in [-0.2, -0.15) is 13.2 Å². The van der Waals surface area contributed by atoms with Crippen LogP contribution in [0.2, 0.25) is 0 Å². The molecular weight excluding hydrogens is 317 g/mol. The van der Waals surface area contributed by atoms with Crippen molar-refractivity contribution in [1.29, 1.82) is 0 Å². The Morgan fingerprint density at radius 3 is 2.61 bits per heavy atom. The molecule has 2 atom stereocenters. The maximum Gasteiger partial charge on any atom is 0.408 e. The van der Waals surface area contributed by atoms with Crippen molar-refractivity contribution < 1.29 is 32.3 Å². The molecule has 2 rings (SSSR count). The number of nitrogens with zero attached hydrogens (tertiary/aromatic N) is 1. The van der Waals surface area contributed by atoms with E-state index in [1.165, 1.54) is 23.9 Å². The summed E-state index contributed by atoms with van der Waals surface area (Å²) in [5.41, 5.74) is 0.818. The van der Waals surface area contributed by atoms with Crippen LogP contribution >= 0.6 is 0 Å². The first kappa shape index (κ1) is 17.0. The van der Waals surface area contributed by atoms with Crippen LogP contribution in [0.25, 0.3) is 0 Å². The van der Waals surface area contributed by atoms with E-state index in [2.05, 4.69) is 4.74 Å². The number of rotatable bonds is 4. The Kier molecular flexibility index (Phi) is 4.49. The molecule has 1 aromatic heterocycles. The highest BCUT2D eigenvalue weighted by Gasteiger charge is 2.40. The quantitative estimate of drug-likeness (QED) is 0.668. The van der Waals surface area contributed by atoms with Crippen molar-refractivity contribution in [2.45, 2.75) is 38.0 Å².